The molecule has 0 N–H and O–H groups in total. The molecule has 0 amide bonds. The van der Waals surface area contributed by atoms with Gasteiger partial charge in [-0.05, 0) is 103 Å². The second kappa shape index (κ2) is 13.7. The van der Waals surface area contributed by atoms with Gasteiger partial charge < -0.3 is 4.90 Å². The van der Waals surface area contributed by atoms with Crippen molar-refractivity contribution in [2.45, 2.75) is 24.7 Å². The highest BCUT2D eigenvalue weighted by molar-refractivity contribution is 5.97. The first-order chi connectivity index (χ1) is 29.0. The molecular weight excluding hydrogens is 711 g/mol. The first kappa shape index (κ1) is 35.0. The van der Waals surface area contributed by atoms with Crippen molar-refractivity contribution >= 4 is 17.1 Å². The van der Waals surface area contributed by atoms with Crippen LogP contribution in [0.25, 0.3) is 44.5 Å². The first-order valence-electron chi connectivity index (χ1n) is 20.7. The summed E-state index contributed by atoms with van der Waals surface area (Å²) in [6, 6.07) is 83.0. The van der Waals surface area contributed by atoms with Crippen LogP contribution in [0.15, 0.2) is 224 Å². The minimum Gasteiger partial charge on any atom is -0.310 e. The first-order valence-corrected chi connectivity index (χ1v) is 20.7. The fraction of sp³-hybridized carbons (Fsp3) is 0.0690. The Labute approximate surface area is 347 Å². The third kappa shape index (κ3) is 5.31. The van der Waals surface area contributed by atoms with E-state index >= 15 is 0 Å². The summed E-state index contributed by atoms with van der Waals surface area (Å²) in [6.45, 7) is 4.75. The molecule has 9 aromatic rings. The molecule has 0 aromatic heterocycles. The Kier molecular flexibility index (Phi) is 8.13. The lowest BCUT2D eigenvalue weighted by Crippen LogP contribution is -2.28. The van der Waals surface area contributed by atoms with Crippen molar-refractivity contribution in [1.82, 2.24) is 0 Å². The molecule has 0 fully saturated rings. The van der Waals surface area contributed by atoms with Gasteiger partial charge in [0.1, 0.15) is 0 Å². The van der Waals surface area contributed by atoms with Crippen LogP contribution in [0.1, 0.15) is 47.2 Å². The van der Waals surface area contributed by atoms with Gasteiger partial charge in [-0.1, -0.05) is 208 Å². The summed E-state index contributed by atoms with van der Waals surface area (Å²) in [5.41, 5.74) is 20.6. The molecule has 1 heteroatoms. The lowest BCUT2D eigenvalue weighted by molar-refractivity contribution is 0.660. The normalized spacial score (nSPS) is 13.9. The van der Waals surface area contributed by atoms with Gasteiger partial charge in [0.2, 0.25) is 0 Å². The summed E-state index contributed by atoms with van der Waals surface area (Å²) in [4.78, 5) is 2.50. The molecule has 0 atom stereocenters. The summed E-state index contributed by atoms with van der Waals surface area (Å²) >= 11 is 0. The zero-order valence-corrected chi connectivity index (χ0v) is 33.3. The van der Waals surface area contributed by atoms with Gasteiger partial charge in [-0.25, -0.2) is 0 Å². The molecule has 0 saturated carbocycles. The Hall–Kier alpha value is -7.22. The molecule has 2 aliphatic carbocycles. The molecule has 59 heavy (non-hydrogen) atoms. The SMILES string of the molecule is CC1(C)c2ccc(N(c3ccc4c(c3)C(c3ccccc3)(c3ccccc3)c3ccccc3-4)c3ccccc3-c3ccccc3)cc2-c2c(-c3ccccc3)cccc21. The van der Waals surface area contributed by atoms with Crippen LogP contribution in [-0.2, 0) is 10.8 Å². The maximum Gasteiger partial charge on any atom is 0.0714 e. The van der Waals surface area contributed by atoms with Gasteiger partial charge in [0.25, 0.3) is 0 Å². The predicted octanol–water partition coefficient (Wildman–Crippen LogP) is 15.2. The molecule has 9 aromatic carbocycles. The fourth-order valence-corrected chi connectivity index (χ4v) is 10.3. The van der Waals surface area contributed by atoms with E-state index in [4.69, 9.17) is 0 Å². The molecule has 0 bridgehead atoms. The number of hydrogen-bond acceptors (Lipinski definition) is 1. The topological polar surface area (TPSA) is 3.24 Å². The van der Waals surface area contributed by atoms with Crippen molar-refractivity contribution < 1.29 is 0 Å². The van der Waals surface area contributed by atoms with Crippen molar-refractivity contribution in [2.75, 3.05) is 4.90 Å². The average Bonchev–Trinajstić information content (AvgIpc) is 3.73. The Bertz CT molecular complexity index is 2960. The van der Waals surface area contributed by atoms with E-state index in [-0.39, 0.29) is 5.41 Å². The molecular formula is C58H43N. The summed E-state index contributed by atoms with van der Waals surface area (Å²) in [5.74, 6) is 0. The van der Waals surface area contributed by atoms with E-state index in [1.165, 1.54) is 77.9 Å². The summed E-state index contributed by atoms with van der Waals surface area (Å²) in [5, 5.41) is 0. The maximum atomic E-state index is 2.50. The van der Waals surface area contributed by atoms with Gasteiger partial charge >= 0.3 is 0 Å². The van der Waals surface area contributed by atoms with Crippen LogP contribution < -0.4 is 4.90 Å². The molecule has 0 saturated heterocycles. The third-order valence-corrected chi connectivity index (χ3v) is 13.0. The standard InChI is InChI=1S/C58H43N/c1-57(2)51-37-35-44(38-50(51)56-47(30-19-32-53(56)57)41-22-9-4-10-23-41)59(55-33-18-16-28-46(55)40-20-7-3-8-21-40)45-34-36-49-48-29-15-17-31-52(48)58(54(49)39-45,42-24-11-5-12-25-42)43-26-13-6-14-27-43/h3-39H,1-2H3. The predicted molar refractivity (Wildman–Crippen MR) is 247 cm³/mol. The molecule has 0 unspecified atom stereocenters. The quantitative estimate of drug-likeness (QED) is 0.157. The highest BCUT2D eigenvalue weighted by Crippen LogP contribution is 2.58. The summed E-state index contributed by atoms with van der Waals surface area (Å²) in [6.07, 6.45) is 0. The van der Waals surface area contributed by atoms with Gasteiger partial charge in [0.15, 0.2) is 0 Å². The molecule has 0 heterocycles. The number of nitrogens with zero attached hydrogens (tertiary/aromatic N) is 1. The van der Waals surface area contributed by atoms with Crippen LogP contribution in [-0.4, -0.2) is 0 Å². The monoisotopic (exact) mass is 753 g/mol. The van der Waals surface area contributed by atoms with E-state index < -0.39 is 5.41 Å². The number of rotatable bonds is 7. The largest absolute Gasteiger partial charge is 0.310 e. The summed E-state index contributed by atoms with van der Waals surface area (Å²) in [7, 11) is 0. The fourth-order valence-electron chi connectivity index (χ4n) is 10.3. The van der Waals surface area contributed by atoms with Gasteiger partial charge in [0, 0.05) is 22.4 Å². The van der Waals surface area contributed by atoms with Crippen molar-refractivity contribution in [3.05, 3.63) is 258 Å². The zero-order valence-electron chi connectivity index (χ0n) is 33.3. The molecule has 0 spiro atoms. The minimum absolute atomic E-state index is 0.148. The Morgan fingerprint density at radius 3 is 1.49 bits per heavy atom. The highest BCUT2D eigenvalue weighted by Gasteiger charge is 2.46. The van der Waals surface area contributed by atoms with Gasteiger partial charge in [-0.2, -0.15) is 0 Å². The zero-order chi connectivity index (χ0) is 39.6. The number of fused-ring (bicyclic) bond motifs is 6. The van der Waals surface area contributed by atoms with Crippen LogP contribution >= 0.6 is 0 Å². The Morgan fingerprint density at radius 1 is 0.322 bits per heavy atom. The summed E-state index contributed by atoms with van der Waals surface area (Å²) < 4.78 is 0. The number of para-hydroxylation sites is 1. The van der Waals surface area contributed by atoms with Crippen LogP contribution in [0.2, 0.25) is 0 Å². The maximum absolute atomic E-state index is 2.50. The van der Waals surface area contributed by atoms with E-state index in [0.717, 1.165) is 17.1 Å². The molecule has 0 aliphatic heterocycles. The highest BCUT2D eigenvalue weighted by atomic mass is 15.1. The molecule has 280 valence electrons. The van der Waals surface area contributed by atoms with Crippen LogP contribution in [0.4, 0.5) is 17.1 Å². The van der Waals surface area contributed by atoms with Crippen LogP contribution in [0.3, 0.4) is 0 Å². The smallest absolute Gasteiger partial charge is 0.0714 e. The van der Waals surface area contributed by atoms with Gasteiger partial charge in [-0.3, -0.25) is 0 Å². The van der Waals surface area contributed by atoms with Gasteiger partial charge in [0.05, 0.1) is 11.1 Å². The third-order valence-electron chi connectivity index (χ3n) is 13.0. The van der Waals surface area contributed by atoms with Crippen molar-refractivity contribution in [1.29, 1.82) is 0 Å². The number of benzene rings is 9. The van der Waals surface area contributed by atoms with E-state index in [1.807, 2.05) is 0 Å². The average molecular weight is 754 g/mol. The van der Waals surface area contributed by atoms with Crippen LogP contribution in [0, 0.1) is 0 Å². The molecule has 2 aliphatic rings. The Balaban J connectivity index is 1.20. The second-order valence-corrected chi connectivity index (χ2v) is 16.4. The lowest BCUT2D eigenvalue weighted by atomic mass is 9.67. The van der Waals surface area contributed by atoms with Crippen LogP contribution in [0.5, 0.6) is 0 Å². The minimum atomic E-state index is -0.513. The molecule has 0 radical (unpaired) electrons. The van der Waals surface area contributed by atoms with E-state index in [2.05, 4.69) is 243 Å². The van der Waals surface area contributed by atoms with Crippen molar-refractivity contribution in [3.63, 3.8) is 0 Å². The van der Waals surface area contributed by atoms with Crippen molar-refractivity contribution in [3.8, 4) is 44.5 Å². The van der Waals surface area contributed by atoms with E-state index in [1.54, 1.807) is 0 Å². The van der Waals surface area contributed by atoms with E-state index in [0.29, 0.717) is 0 Å². The Morgan fingerprint density at radius 2 is 0.814 bits per heavy atom. The van der Waals surface area contributed by atoms with E-state index in [9.17, 15) is 0 Å². The van der Waals surface area contributed by atoms with Crippen molar-refractivity contribution in [2.24, 2.45) is 0 Å². The number of hydrogen-bond donors (Lipinski definition) is 0. The molecule has 11 rings (SSSR count). The number of anilines is 3. The van der Waals surface area contributed by atoms with Gasteiger partial charge in [-0.15, -0.1) is 0 Å². The molecule has 1 nitrogen and oxygen atoms in total. The lowest BCUT2D eigenvalue weighted by Gasteiger charge is -2.35. The second-order valence-electron chi connectivity index (χ2n) is 16.4.